The minimum Gasteiger partial charge on any atom is -0.389 e. The van der Waals surface area contributed by atoms with E-state index in [0.29, 0.717) is 0 Å². The van der Waals surface area contributed by atoms with Crippen molar-refractivity contribution in [3.8, 4) is 0 Å². The second-order valence-electron chi connectivity index (χ2n) is 4.82. The molecule has 3 heteroatoms. The maximum atomic E-state index is 9.84. The molecule has 16 heavy (non-hydrogen) atoms. The molecule has 0 aliphatic rings. The van der Waals surface area contributed by atoms with Gasteiger partial charge in [-0.2, -0.15) is 0 Å². The van der Waals surface area contributed by atoms with E-state index in [-0.39, 0.29) is 12.1 Å². The lowest BCUT2D eigenvalue weighted by Gasteiger charge is -2.30. The van der Waals surface area contributed by atoms with Crippen LogP contribution >= 0.6 is 11.6 Å². The molecule has 0 heterocycles. The van der Waals surface area contributed by atoms with E-state index in [1.54, 1.807) is 13.8 Å². The standard InChI is InChI=1S/C13H20ClNO/c1-9(15-10(2)13(3,4)16)11-5-7-12(14)8-6-11/h5-10,15-16H,1-4H3. The van der Waals surface area contributed by atoms with Crippen molar-refractivity contribution >= 4 is 11.6 Å². The fourth-order valence-electron chi connectivity index (χ4n) is 1.43. The zero-order valence-corrected chi connectivity index (χ0v) is 11.0. The van der Waals surface area contributed by atoms with Gasteiger partial charge in [0.1, 0.15) is 0 Å². The van der Waals surface area contributed by atoms with Gasteiger partial charge in [-0.05, 0) is 45.4 Å². The Kier molecular flexibility index (Phi) is 4.36. The third kappa shape index (κ3) is 3.78. The molecule has 0 aromatic heterocycles. The highest BCUT2D eigenvalue weighted by Gasteiger charge is 2.23. The van der Waals surface area contributed by atoms with E-state index >= 15 is 0 Å². The van der Waals surface area contributed by atoms with Gasteiger partial charge in [-0.15, -0.1) is 0 Å². The fourth-order valence-corrected chi connectivity index (χ4v) is 1.55. The van der Waals surface area contributed by atoms with Crippen LogP contribution in [0.2, 0.25) is 5.02 Å². The van der Waals surface area contributed by atoms with Crippen molar-refractivity contribution in [2.75, 3.05) is 0 Å². The van der Waals surface area contributed by atoms with Crippen molar-refractivity contribution in [3.05, 3.63) is 34.9 Å². The summed E-state index contributed by atoms with van der Waals surface area (Å²) in [4.78, 5) is 0. The molecule has 0 amide bonds. The zero-order valence-electron chi connectivity index (χ0n) is 10.3. The maximum Gasteiger partial charge on any atom is 0.0741 e. The topological polar surface area (TPSA) is 32.3 Å². The van der Waals surface area contributed by atoms with E-state index in [1.807, 2.05) is 31.2 Å². The molecular weight excluding hydrogens is 222 g/mol. The second kappa shape index (κ2) is 5.17. The SMILES string of the molecule is CC(NC(C)C(C)(C)O)c1ccc(Cl)cc1. The summed E-state index contributed by atoms with van der Waals surface area (Å²) in [5, 5.41) is 13.9. The second-order valence-corrected chi connectivity index (χ2v) is 5.25. The summed E-state index contributed by atoms with van der Waals surface area (Å²) in [5.41, 5.74) is 0.446. The summed E-state index contributed by atoms with van der Waals surface area (Å²) in [6, 6.07) is 7.97. The number of halogens is 1. The van der Waals surface area contributed by atoms with E-state index in [0.717, 1.165) is 5.02 Å². The molecule has 2 nitrogen and oxygen atoms in total. The molecule has 0 aliphatic heterocycles. The third-order valence-corrected chi connectivity index (χ3v) is 3.18. The highest BCUT2D eigenvalue weighted by Crippen LogP contribution is 2.18. The quantitative estimate of drug-likeness (QED) is 0.849. The number of hydrogen-bond acceptors (Lipinski definition) is 2. The van der Waals surface area contributed by atoms with Gasteiger partial charge in [0.05, 0.1) is 5.60 Å². The lowest BCUT2D eigenvalue weighted by molar-refractivity contribution is 0.0405. The van der Waals surface area contributed by atoms with Crippen LogP contribution in [0.15, 0.2) is 24.3 Å². The molecular formula is C13H20ClNO. The first-order valence-corrected chi connectivity index (χ1v) is 5.92. The molecule has 0 bridgehead atoms. The smallest absolute Gasteiger partial charge is 0.0741 e. The molecule has 1 rings (SSSR count). The van der Waals surface area contributed by atoms with Crippen LogP contribution in [0.3, 0.4) is 0 Å². The Morgan fingerprint density at radius 1 is 1.19 bits per heavy atom. The van der Waals surface area contributed by atoms with Crippen molar-refractivity contribution < 1.29 is 5.11 Å². The van der Waals surface area contributed by atoms with Crippen LogP contribution in [0.5, 0.6) is 0 Å². The summed E-state index contributed by atoms with van der Waals surface area (Å²) in [6.45, 7) is 7.66. The molecule has 0 aliphatic carbocycles. The van der Waals surface area contributed by atoms with E-state index < -0.39 is 5.60 Å². The van der Waals surface area contributed by atoms with E-state index in [1.165, 1.54) is 5.56 Å². The van der Waals surface area contributed by atoms with Gasteiger partial charge in [0.25, 0.3) is 0 Å². The molecule has 2 atom stereocenters. The summed E-state index contributed by atoms with van der Waals surface area (Å²) in [5.74, 6) is 0. The summed E-state index contributed by atoms with van der Waals surface area (Å²) in [7, 11) is 0. The van der Waals surface area contributed by atoms with Gasteiger partial charge < -0.3 is 10.4 Å². The number of benzene rings is 1. The molecule has 1 aromatic rings. The molecule has 1 aromatic carbocycles. The van der Waals surface area contributed by atoms with Gasteiger partial charge in [-0.25, -0.2) is 0 Å². The van der Waals surface area contributed by atoms with Crippen LogP contribution in [0.25, 0.3) is 0 Å². The minimum absolute atomic E-state index is 0.0261. The average molecular weight is 242 g/mol. The lowest BCUT2D eigenvalue weighted by Crippen LogP contribution is -2.45. The first-order chi connectivity index (χ1) is 7.30. The van der Waals surface area contributed by atoms with Crippen molar-refractivity contribution in [2.45, 2.75) is 45.4 Å². The summed E-state index contributed by atoms with van der Waals surface area (Å²) in [6.07, 6.45) is 0. The predicted octanol–water partition coefficient (Wildman–Crippen LogP) is 3.15. The Bertz CT molecular complexity index is 329. The van der Waals surface area contributed by atoms with E-state index in [2.05, 4.69) is 12.2 Å². The number of nitrogens with one attached hydrogen (secondary N) is 1. The third-order valence-electron chi connectivity index (χ3n) is 2.93. The van der Waals surface area contributed by atoms with Crippen molar-refractivity contribution in [1.29, 1.82) is 0 Å². The lowest BCUT2D eigenvalue weighted by atomic mass is 9.98. The van der Waals surface area contributed by atoms with Crippen molar-refractivity contribution in [1.82, 2.24) is 5.32 Å². The Hall–Kier alpha value is -0.570. The van der Waals surface area contributed by atoms with Gasteiger partial charge in [-0.1, -0.05) is 23.7 Å². The normalized spacial score (nSPS) is 15.9. The van der Waals surface area contributed by atoms with Gasteiger partial charge in [0.2, 0.25) is 0 Å². The number of aliphatic hydroxyl groups is 1. The summed E-state index contributed by atoms with van der Waals surface area (Å²) < 4.78 is 0. The summed E-state index contributed by atoms with van der Waals surface area (Å²) >= 11 is 5.83. The minimum atomic E-state index is -0.722. The Balaban J connectivity index is 2.65. The van der Waals surface area contributed by atoms with Crippen LogP contribution < -0.4 is 5.32 Å². The first-order valence-electron chi connectivity index (χ1n) is 5.54. The van der Waals surface area contributed by atoms with Crippen molar-refractivity contribution in [2.24, 2.45) is 0 Å². The molecule has 0 spiro atoms. The molecule has 2 unspecified atom stereocenters. The monoisotopic (exact) mass is 241 g/mol. The van der Waals surface area contributed by atoms with Gasteiger partial charge in [0, 0.05) is 17.1 Å². The molecule has 0 fully saturated rings. The molecule has 90 valence electrons. The highest BCUT2D eigenvalue weighted by atomic mass is 35.5. The fraction of sp³-hybridized carbons (Fsp3) is 0.538. The van der Waals surface area contributed by atoms with E-state index in [9.17, 15) is 5.11 Å². The van der Waals surface area contributed by atoms with E-state index in [4.69, 9.17) is 11.6 Å². The Labute approximate surface area is 103 Å². The van der Waals surface area contributed by atoms with Gasteiger partial charge in [-0.3, -0.25) is 0 Å². The van der Waals surface area contributed by atoms with Gasteiger partial charge >= 0.3 is 0 Å². The van der Waals surface area contributed by atoms with Crippen LogP contribution in [0.4, 0.5) is 0 Å². The number of rotatable bonds is 4. The van der Waals surface area contributed by atoms with Crippen LogP contribution in [0, 0.1) is 0 Å². The average Bonchev–Trinajstić information content (AvgIpc) is 2.17. The maximum absolute atomic E-state index is 9.84. The van der Waals surface area contributed by atoms with Gasteiger partial charge in [0.15, 0.2) is 0 Å². The molecule has 2 N–H and O–H groups in total. The van der Waals surface area contributed by atoms with Crippen LogP contribution in [-0.2, 0) is 0 Å². The Morgan fingerprint density at radius 2 is 1.69 bits per heavy atom. The molecule has 0 radical (unpaired) electrons. The predicted molar refractivity (Wildman–Crippen MR) is 68.8 cm³/mol. The molecule has 0 saturated heterocycles. The van der Waals surface area contributed by atoms with Crippen molar-refractivity contribution in [3.63, 3.8) is 0 Å². The largest absolute Gasteiger partial charge is 0.389 e. The highest BCUT2D eigenvalue weighted by molar-refractivity contribution is 6.30. The molecule has 0 saturated carbocycles. The first kappa shape index (κ1) is 13.5. The van der Waals surface area contributed by atoms with Crippen LogP contribution in [-0.4, -0.2) is 16.7 Å². The number of hydrogen-bond donors (Lipinski definition) is 2. The zero-order chi connectivity index (χ0) is 12.3. The Morgan fingerprint density at radius 3 is 2.12 bits per heavy atom. The van der Waals surface area contributed by atoms with Crippen LogP contribution in [0.1, 0.15) is 39.3 Å².